The molecule has 0 saturated carbocycles. The van der Waals surface area contributed by atoms with Crippen molar-refractivity contribution in [2.45, 2.75) is 43.9 Å². The third-order valence-electron chi connectivity index (χ3n) is 3.11. The van der Waals surface area contributed by atoms with Crippen molar-refractivity contribution in [2.75, 3.05) is 18.8 Å². The van der Waals surface area contributed by atoms with E-state index in [9.17, 15) is 4.79 Å². The maximum atomic E-state index is 11.1. The molecule has 0 radical (unpaired) electrons. The van der Waals surface area contributed by atoms with Crippen molar-refractivity contribution in [1.82, 2.24) is 5.32 Å². The Hall–Kier alpha value is -1.00. The van der Waals surface area contributed by atoms with E-state index in [1.807, 2.05) is 12.1 Å². The maximum absolute atomic E-state index is 11.1. The maximum Gasteiger partial charge on any atom is 0.336 e. The van der Waals surface area contributed by atoms with Gasteiger partial charge in [0.15, 0.2) is 0 Å². The van der Waals surface area contributed by atoms with Crippen LogP contribution in [0.1, 0.15) is 49.4 Å². The molecule has 0 unspecified atom stereocenters. The molecule has 20 heavy (non-hydrogen) atoms. The van der Waals surface area contributed by atoms with E-state index in [0.717, 1.165) is 23.7 Å². The van der Waals surface area contributed by atoms with Gasteiger partial charge >= 0.3 is 5.97 Å². The second-order valence-electron chi connectivity index (χ2n) is 4.81. The topological polar surface area (TPSA) is 49.3 Å². The molecule has 0 aliphatic rings. The smallest absolute Gasteiger partial charge is 0.336 e. The van der Waals surface area contributed by atoms with Crippen LogP contribution in [-0.2, 0) is 0 Å². The van der Waals surface area contributed by atoms with Crippen molar-refractivity contribution in [1.29, 1.82) is 0 Å². The number of thioether (sulfide) groups is 1. The summed E-state index contributed by atoms with van der Waals surface area (Å²) < 4.78 is 0. The summed E-state index contributed by atoms with van der Waals surface area (Å²) in [6.07, 6.45) is 6.49. The van der Waals surface area contributed by atoms with Gasteiger partial charge in [-0.05, 0) is 25.1 Å². The van der Waals surface area contributed by atoms with Gasteiger partial charge in [-0.2, -0.15) is 0 Å². The molecular weight excluding hydrogens is 270 g/mol. The molecule has 0 bridgehead atoms. The van der Waals surface area contributed by atoms with E-state index in [0.29, 0.717) is 5.56 Å². The third-order valence-corrected chi connectivity index (χ3v) is 4.19. The fourth-order valence-corrected chi connectivity index (χ4v) is 2.93. The Kier molecular flexibility index (Phi) is 9.16. The van der Waals surface area contributed by atoms with Gasteiger partial charge in [0, 0.05) is 17.2 Å². The molecule has 0 heterocycles. The highest BCUT2D eigenvalue weighted by atomic mass is 32.2. The molecule has 2 N–H and O–H groups in total. The van der Waals surface area contributed by atoms with E-state index in [4.69, 9.17) is 5.11 Å². The summed E-state index contributed by atoms with van der Waals surface area (Å²) >= 11 is 1.60. The van der Waals surface area contributed by atoms with Gasteiger partial charge in [-0.25, -0.2) is 4.79 Å². The van der Waals surface area contributed by atoms with Crippen molar-refractivity contribution in [3.8, 4) is 0 Å². The number of carbonyl (C=O) groups is 1. The minimum Gasteiger partial charge on any atom is -0.478 e. The predicted octanol–water partition coefficient (Wildman–Crippen LogP) is 4.04. The number of hydrogen-bond donors (Lipinski definition) is 2. The van der Waals surface area contributed by atoms with E-state index in [1.165, 1.54) is 32.1 Å². The average Bonchev–Trinajstić information content (AvgIpc) is 2.46. The van der Waals surface area contributed by atoms with Crippen LogP contribution < -0.4 is 5.32 Å². The number of aromatic carboxylic acids is 1. The van der Waals surface area contributed by atoms with Gasteiger partial charge in [-0.15, -0.1) is 11.8 Å². The van der Waals surface area contributed by atoms with Gasteiger partial charge in [-0.3, -0.25) is 0 Å². The molecule has 0 aliphatic carbocycles. The molecule has 0 amide bonds. The van der Waals surface area contributed by atoms with Crippen LogP contribution in [0.4, 0.5) is 0 Å². The number of rotatable bonds is 11. The van der Waals surface area contributed by atoms with Crippen LogP contribution in [0.25, 0.3) is 0 Å². The summed E-state index contributed by atoms with van der Waals surface area (Å²) in [5.41, 5.74) is 0.400. The van der Waals surface area contributed by atoms with E-state index < -0.39 is 5.97 Å². The van der Waals surface area contributed by atoms with Gasteiger partial charge in [0.25, 0.3) is 0 Å². The van der Waals surface area contributed by atoms with E-state index in [2.05, 4.69) is 12.2 Å². The molecule has 4 heteroatoms. The molecule has 1 aromatic rings. The lowest BCUT2D eigenvalue weighted by Crippen LogP contribution is -2.18. The Morgan fingerprint density at radius 2 is 1.90 bits per heavy atom. The second-order valence-corrected chi connectivity index (χ2v) is 5.95. The molecule has 1 rings (SSSR count). The van der Waals surface area contributed by atoms with E-state index in [-0.39, 0.29) is 0 Å². The summed E-state index contributed by atoms with van der Waals surface area (Å²) in [6.45, 7) is 4.21. The first kappa shape index (κ1) is 17.1. The quantitative estimate of drug-likeness (QED) is 0.478. The largest absolute Gasteiger partial charge is 0.478 e. The van der Waals surface area contributed by atoms with Crippen molar-refractivity contribution >= 4 is 17.7 Å². The van der Waals surface area contributed by atoms with Gasteiger partial charge in [0.2, 0.25) is 0 Å². The molecule has 1 aromatic carbocycles. The van der Waals surface area contributed by atoms with Crippen LogP contribution in [0.3, 0.4) is 0 Å². The van der Waals surface area contributed by atoms with Crippen LogP contribution >= 0.6 is 11.8 Å². The number of benzene rings is 1. The number of hydrogen-bond acceptors (Lipinski definition) is 3. The number of carboxylic acid groups (broad SMARTS) is 1. The van der Waals surface area contributed by atoms with E-state index >= 15 is 0 Å². The molecular formula is C16H25NO2S. The lowest BCUT2D eigenvalue weighted by molar-refractivity contribution is 0.0693. The SMILES string of the molecule is CCCCCCCNCCSc1ccccc1C(=O)O. The summed E-state index contributed by atoms with van der Waals surface area (Å²) in [6, 6.07) is 7.18. The lowest BCUT2D eigenvalue weighted by atomic mass is 10.1. The Bertz CT molecular complexity index is 396. The predicted molar refractivity (Wildman–Crippen MR) is 85.8 cm³/mol. The zero-order valence-electron chi connectivity index (χ0n) is 12.2. The fourth-order valence-electron chi connectivity index (χ4n) is 1.98. The van der Waals surface area contributed by atoms with Crippen LogP contribution in [0.2, 0.25) is 0 Å². The number of unbranched alkanes of at least 4 members (excludes halogenated alkanes) is 4. The first-order valence-corrected chi connectivity index (χ1v) is 8.40. The molecule has 0 aromatic heterocycles. The van der Waals surface area contributed by atoms with Crippen molar-refractivity contribution in [3.05, 3.63) is 29.8 Å². The fraction of sp³-hybridized carbons (Fsp3) is 0.562. The summed E-state index contributed by atoms with van der Waals surface area (Å²) in [7, 11) is 0. The molecule has 0 spiro atoms. The normalized spacial score (nSPS) is 10.7. The zero-order valence-corrected chi connectivity index (χ0v) is 13.0. The Morgan fingerprint density at radius 3 is 2.65 bits per heavy atom. The van der Waals surface area contributed by atoms with Crippen LogP contribution in [-0.4, -0.2) is 29.9 Å². The first-order chi connectivity index (χ1) is 9.75. The third kappa shape index (κ3) is 6.96. The van der Waals surface area contributed by atoms with Gasteiger partial charge in [0.05, 0.1) is 5.56 Å². The standard InChI is InChI=1S/C16H25NO2S/c1-2-3-4-5-8-11-17-12-13-20-15-10-7-6-9-14(15)16(18)19/h6-7,9-10,17H,2-5,8,11-13H2,1H3,(H,18,19). The van der Waals surface area contributed by atoms with Crippen molar-refractivity contribution in [3.63, 3.8) is 0 Å². The zero-order chi connectivity index (χ0) is 14.6. The van der Waals surface area contributed by atoms with Crippen LogP contribution in [0.5, 0.6) is 0 Å². The van der Waals surface area contributed by atoms with Crippen molar-refractivity contribution < 1.29 is 9.90 Å². The Morgan fingerprint density at radius 1 is 1.15 bits per heavy atom. The monoisotopic (exact) mass is 295 g/mol. The van der Waals surface area contributed by atoms with E-state index in [1.54, 1.807) is 23.9 Å². The summed E-state index contributed by atoms with van der Waals surface area (Å²) in [5, 5.41) is 12.5. The molecule has 112 valence electrons. The minimum absolute atomic E-state index is 0.400. The summed E-state index contributed by atoms with van der Waals surface area (Å²) in [4.78, 5) is 11.9. The lowest BCUT2D eigenvalue weighted by Gasteiger charge is -2.07. The van der Waals surface area contributed by atoms with Crippen molar-refractivity contribution in [2.24, 2.45) is 0 Å². The molecule has 0 saturated heterocycles. The van der Waals surface area contributed by atoms with Crippen LogP contribution in [0.15, 0.2) is 29.2 Å². The van der Waals surface area contributed by atoms with Crippen LogP contribution in [0, 0.1) is 0 Å². The molecule has 0 fully saturated rings. The highest BCUT2D eigenvalue weighted by molar-refractivity contribution is 7.99. The number of nitrogens with one attached hydrogen (secondary N) is 1. The highest BCUT2D eigenvalue weighted by Crippen LogP contribution is 2.21. The second kappa shape index (κ2) is 10.7. The van der Waals surface area contributed by atoms with Gasteiger partial charge < -0.3 is 10.4 Å². The molecule has 0 aliphatic heterocycles. The highest BCUT2D eigenvalue weighted by Gasteiger charge is 2.08. The Labute approximate surface area is 126 Å². The minimum atomic E-state index is -0.850. The molecule has 0 atom stereocenters. The molecule has 3 nitrogen and oxygen atoms in total. The first-order valence-electron chi connectivity index (χ1n) is 7.41. The van der Waals surface area contributed by atoms with Gasteiger partial charge in [-0.1, -0.05) is 44.7 Å². The van der Waals surface area contributed by atoms with Gasteiger partial charge in [0.1, 0.15) is 0 Å². The summed E-state index contributed by atoms with van der Waals surface area (Å²) in [5.74, 6) is 0.0520. The average molecular weight is 295 g/mol. The number of carboxylic acids is 1. The Balaban J connectivity index is 2.11.